The van der Waals surface area contributed by atoms with Crippen LogP contribution in [0.15, 0.2) is 48.5 Å². The molecule has 0 spiro atoms. The molecule has 1 aliphatic rings. The molecule has 4 heteroatoms. The van der Waals surface area contributed by atoms with E-state index in [0.717, 1.165) is 25.9 Å². The molecule has 0 atom stereocenters. The van der Waals surface area contributed by atoms with Gasteiger partial charge in [0.1, 0.15) is 11.7 Å². The average Bonchev–Trinajstić information content (AvgIpc) is 3.03. The van der Waals surface area contributed by atoms with Crippen molar-refractivity contribution >= 4 is 39.4 Å². The number of aromatic nitrogens is 1. The number of nitrogens with zero attached hydrogens (tertiary/aromatic N) is 2. The second-order valence-electron chi connectivity index (χ2n) is 7.00. The molecule has 1 N–H and O–H groups in total. The van der Waals surface area contributed by atoms with E-state index in [9.17, 15) is 5.11 Å². The lowest BCUT2D eigenvalue weighted by atomic mass is 9.97. The fourth-order valence-corrected chi connectivity index (χ4v) is 4.66. The molecule has 1 fully saturated rings. The minimum absolute atomic E-state index is 0.326. The van der Waals surface area contributed by atoms with Gasteiger partial charge in [-0.25, -0.2) is 0 Å². The number of piperidine rings is 1. The maximum Gasteiger partial charge on any atom is 0.262 e. The Kier molecular flexibility index (Phi) is 5.05. The molecule has 1 aliphatic heterocycles. The van der Waals surface area contributed by atoms with Gasteiger partial charge in [-0.2, -0.15) is 4.57 Å². The lowest BCUT2D eigenvalue weighted by Gasteiger charge is -2.32. The van der Waals surface area contributed by atoms with E-state index in [1.807, 2.05) is 11.3 Å². The molecular formula is C22H25N2OS+. The van der Waals surface area contributed by atoms with E-state index in [1.165, 1.54) is 26.5 Å². The van der Waals surface area contributed by atoms with E-state index < -0.39 is 0 Å². The van der Waals surface area contributed by atoms with Crippen LogP contribution >= 0.6 is 11.3 Å². The number of benzene rings is 2. The first-order chi connectivity index (χ1) is 12.7. The van der Waals surface area contributed by atoms with Crippen LogP contribution in [0.2, 0.25) is 0 Å². The third-order valence-corrected chi connectivity index (χ3v) is 6.51. The Morgan fingerprint density at radius 1 is 1.08 bits per heavy atom. The predicted octanol–water partition coefficient (Wildman–Crippen LogP) is 4.10. The van der Waals surface area contributed by atoms with Crippen molar-refractivity contribution in [2.45, 2.75) is 12.8 Å². The van der Waals surface area contributed by atoms with Gasteiger partial charge in [-0.3, -0.25) is 0 Å². The minimum Gasteiger partial charge on any atom is -0.396 e. The quantitative estimate of drug-likeness (QED) is 0.705. The molecule has 0 saturated carbocycles. The molecule has 0 radical (unpaired) electrons. The zero-order chi connectivity index (χ0) is 17.9. The highest BCUT2D eigenvalue weighted by Gasteiger charge is 2.18. The molecule has 4 rings (SSSR count). The van der Waals surface area contributed by atoms with Crippen molar-refractivity contribution < 1.29 is 9.67 Å². The topological polar surface area (TPSA) is 27.4 Å². The molecule has 0 unspecified atom stereocenters. The number of hydrogen-bond acceptors (Lipinski definition) is 3. The number of aryl methyl sites for hydroxylation is 1. The SMILES string of the molecule is C[n+]1c(C=Cc2ccc(N3CCC(CO)CC3)cc2)sc2ccccc21. The summed E-state index contributed by atoms with van der Waals surface area (Å²) in [4.78, 5) is 2.42. The Morgan fingerprint density at radius 2 is 1.81 bits per heavy atom. The van der Waals surface area contributed by atoms with Crippen LogP contribution in [-0.2, 0) is 7.05 Å². The molecule has 134 valence electrons. The van der Waals surface area contributed by atoms with Crippen molar-refractivity contribution in [1.82, 2.24) is 0 Å². The minimum atomic E-state index is 0.326. The number of rotatable bonds is 4. The highest BCUT2D eigenvalue weighted by atomic mass is 32.1. The second-order valence-corrected chi connectivity index (χ2v) is 8.07. The molecule has 3 nitrogen and oxygen atoms in total. The molecule has 2 aromatic carbocycles. The molecule has 1 saturated heterocycles. The molecule has 0 amide bonds. The summed E-state index contributed by atoms with van der Waals surface area (Å²) in [5.74, 6) is 0.482. The smallest absolute Gasteiger partial charge is 0.262 e. The molecular weight excluding hydrogens is 340 g/mol. The van der Waals surface area contributed by atoms with E-state index in [-0.39, 0.29) is 0 Å². The zero-order valence-electron chi connectivity index (χ0n) is 15.1. The number of aliphatic hydroxyl groups excluding tert-OH is 1. The van der Waals surface area contributed by atoms with Gasteiger partial charge in [0.05, 0.1) is 0 Å². The van der Waals surface area contributed by atoms with Gasteiger partial charge >= 0.3 is 0 Å². The van der Waals surface area contributed by atoms with Gasteiger partial charge in [0, 0.05) is 37.5 Å². The molecule has 26 heavy (non-hydrogen) atoms. The third-order valence-electron chi connectivity index (χ3n) is 5.32. The summed E-state index contributed by atoms with van der Waals surface area (Å²) < 4.78 is 3.56. The van der Waals surface area contributed by atoms with Gasteiger partial charge in [0.25, 0.3) is 5.01 Å². The third kappa shape index (κ3) is 3.53. The first-order valence-electron chi connectivity index (χ1n) is 9.26. The van der Waals surface area contributed by atoms with Crippen LogP contribution in [0, 0.1) is 5.92 Å². The van der Waals surface area contributed by atoms with E-state index in [0.29, 0.717) is 12.5 Å². The van der Waals surface area contributed by atoms with Crippen LogP contribution in [0.4, 0.5) is 5.69 Å². The van der Waals surface area contributed by atoms with Crippen LogP contribution in [0.1, 0.15) is 23.4 Å². The van der Waals surface area contributed by atoms with Gasteiger partial charge < -0.3 is 10.0 Å². The average molecular weight is 366 g/mol. The van der Waals surface area contributed by atoms with Gasteiger partial charge in [0.2, 0.25) is 5.52 Å². The van der Waals surface area contributed by atoms with Gasteiger partial charge in [-0.1, -0.05) is 35.6 Å². The number of anilines is 1. The van der Waals surface area contributed by atoms with Crippen molar-refractivity contribution in [2.75, 3.05) is 24.6 Å². The van der Waals surface area contributed by atoms with E-state index in [4.69, 9.17) is 0 Å². The molecule has 3 aromatic rings. The normalized spacial score (nSPS) is 16.0. The summed E-state index contributed by atoms with van der Waals surface area (Å²) in [5, 5.41) is 10.5. The zero-order valence-corrected chi connectivity index (χ0v) is 16.0. The highest BCUT2D eigenvalue weighted by Crippen LogP contribution is 2.24. The lowest BCUT2D eigenvalue weighted by Crippen LogP contribution is -2.34. The molecule has 0 bridgehead atoms. The van der Waals surface area contributed by atoms with Crippen LogP contribution in [0.3, 0.4) is 0 Å². The number of thiazole rings is 1. The first-order valence-corrected chi connectivity index (χ1v) is 10.1. The Labute approximate surface area is 158 Å². The summed E-state index contributed by atoms with van der Waals surface area (Å²) in [5.41, 5.74) is 3.78. The Morgan fingerprint density at radius 3 is 2.50 bits per heavy atom. The second kappa shape index (κ2) is 7.60. The summed E-state index contributed by atoms with van der Waals surface area (Å²) in [6.45, 7) is 2.41. The predicted molar refractivity (Wildman–Crippen MR) is 110 cm³/mol. The molecule has 0 aliphatic carbocycles. The fourth-order valence-electron chi connectivity index (χ4n) is 3.60. The van der Waals surface area contributed by atoms with Gasteiger partial charge in [-0.15, -0.1) is 0 Å². The summed E-state index contributed by atoms with van der Waals surface area (Å²) in [6, 6.07) is 17.3. The highest BCUT2D eigenvalue weighted by molar-refractivity contribution is 7.18. The van der Waals surface area contributed by atoms with Crippen LogP contribution in [0.25, 0.3) is 22.4 Å². The van der Waals surface area contributed by atoms with Crippen LogP contribution in [0.5, 0.6) is 0 Å². The largest absolute Gasteiger partial charge is 0.396 e. The van der Waals surface area contributed by atoms with E-state index in [1.54, 1.807) is 0 Å². The van der Waals surface area contributed by atoms with Crippen molar-refractivity contribution in [3.05, 3.63) is 59.1 Å². The number of aliphatic hydroxyl groups is 1. The maximum absolute atomic E-state index is 9.28. The molecule has 2 heterocycles. The number of hydrogen-bond donors (Lipinski definition) is 1. The van der Waals surface area contributed by atoms with Gasteiger partial charge in [0.15, 0.2) is 0 Å². The van der Waals surface area contributed by atoms with Crippen LogP contribution < -0.4 is 9.47 Å². The summed E-state index contributed by atoms with van der Waals surface area (Å²) in [6.07, 6.45) is 6.56. The van der Waals surface area contributed by atoms with Crippen molar-refractivity contribution in [3.8, 4) is 0 Å². The Hall–Kier alpha value is -2.17. The Bertz CT molecular complexity index is 906. The van der Waals surface area contributed by atoms with E-state index >= 15 is 0 Å². The van der Waals surface area contributed by atoms with Crippen molar-refractivity contribution in [1.29, 1.82) is 0 Å². The van der Waals surface area contributed by atoms with E-state index in [2.05, 4.69) is 77.2 Å². The van der Waals surface area contributed by atoms with Crippen LogP contribution in [-0.4, -0.2) is 24.8 Å². The lowest BCUT2D eigenvalue weighted by molar-refractivity contribution is -0.642. The maximum atomic E-state index is 9.28. The van der Waals surface area contributed by atoms with Gasteiger partial charge in [-0.05, 0) is 48.6 Å². The number of para-hydroxylation sites is 1. The fraction of sp³-hybridized carbons (Fsp3) is 0.318. The first kappa shape index (κ1) is 17.3. The number of fused-ring (bicyclic) bond motifs is 1. The summed E-state index contributed by atoms with van der Waals surface area (Å²) >= 11 is 1.82. The van der Waals surface area contributed by atoms with Crippen molar-refractivity contribution in [2.24, 2.45) is 13.0 Å². The molecule has 1 aromatic heterocycles. The Balaban J connectivity index is 1.47. The van der Waals surface area contributed by atoms with Crippen molar-refractivity contribution in [3.63, 3.8) is 0 Å². The monoisotopic (exact) mass is 365 g/mol. The standard InChI is InChI=1S/C22H25N2OS/c1-23-20-4-2-3-5-21(20)26-22(23)11-8-17-6-9-19(10-7-17)24-14-12-18(16-25)13-15-24/h2-11,18,25H,12-16H2,1H3/q+1. The summed E-state index contributed by atoms with van der Waals surface area (Å²) in [7, 11) is 2.12.